The molecule has 0 saturated heterocycles. The van der Waals surface area contributed by atoms with Gasteiger partial charge in [0.25, 0.3) is 0 Å². The maximum absolute atomic E-state index is 13.3. The van der Waals surface area contributed by atoms with Crippen molar-refractivity contribution in [3.63, 3.8) is 0 Å². The van der Waals surface area contributed by atoms with Gasteiger partial charge in [0.1, 0.15) is 16.6 Å². The second kappa shape index (κ2) is 6.97. The number of furan rings is 1. The fourth-order valence-electron chi connectivity index (χ4n) is 2.36. The highest BCUT2D eigenvalue weighted by molar-refractivity contribution is 7.13. The monoisotopic (exact) mass is 344 g/mol. The van der Waals surface area contributed by atoms with Crippen LogP contribution in [-0.4, -0.2) is 22.8 Å². The molecule has 3 aromatic rings. The molecular weight excluding hydrogens is 327 g/mol. The van der Waals surface area contributed by atoms with E-state index in [0.29, 0.717) is 10.7 Å². The molecule has 0 saturated carbocycles. The van der Waals surface area contributed by atoms with E-state index in [1.807, 2.05) is 18.4 Å². The third-order valence-electron chi connectivity index (χ3n) is 3.88. The van der Waals surface area contributed by atoms with Gasteiger partial charge in [0.2, 0.25) is 5.91 Å². The summed E-state index contributed by atoms with van der Waals surface area (Å²) >= 11 is 1.40. The number of carbonyl (C=O) groups is 1. The van der Waals surface area contributed by atoms with Gasteiger partial charge in [0, 0.05) is 18.0 Å². The van der Waals surface area contributed by atoms with Crippen LogP contribution in [0.2, 0.25) is 0 Å². The quantitative estimate of drug-likeness (QED) is 0.693. The molecule has 2 heterocycles. The summed E-state index contributed by atoms with van der Waals surface area (Å²) in [6.07, 6.45) is 1.79. The molecule has 0 fully saturated rings. The van der Waals surface area contributed by atoms with E-state index in [1.54, 1.807) is 36.4 Å². The molecule has 0 spiro atoms. The van der Waals surface area contributed by atoms with E-state index in [0.717, 1.165) is 11.3 Å². The molecule has 0 aliphatic heterocycles. The number of amides is 1. The number of carbonyl (C=O) groups excluding carboxylic acids is 1. The Morgan fingerprint density at radius 3 is 2.92 bits per heavy atom. The number of nitrogens with zero attached hydrogens (tertiary/aromatic N) is 2. The minimum absolute atomic E-state index is 0.0463. The van der Waals surface area contributed by atoms with Crippen molar-refractivity contribution in [3.8, 4) is 10.6 Å². The van der Waals surface area contributed by atoms with Crippen molar-refractivity contribution in [2.45, 2.75) is 19.4 Å². The Kier molecular flexibility index (Phi) is 4.76. The molecule has 0 aliphatic rings. The molecule has 1 aromatic carbocycles. The Balaban J connectivity index is 1.69. The van der Waals surface area contributed by atoms with Gasteiger partial charge >= 0.3 is 0 Å². The summed E-state index contributed by atoms with van der Waals surface area (Å²) in [5.41, 5.74) is 1.40. The van der Waals surface area contributed by atoms with E-state index in [2.05, 4.69) is 4.98 Å². The lowest BCUT2D eigenvalue weighted by molar-refractivity contribution is -0.131. The van der Waals surface area contributed by atoms with E-state index < -0.39 is 0 Å². The molecule has 0 N–H and O–H groups in total. The first-order valence-electron chi connectivity index (χ1n) is 7.54. The van der Waals surface area contributed by atoms with E-state index in [4.69, 9.17) is 4.42 Å². The lowest BCUT2D eigenvalue weighted by atomic mass is 10.2. The molecule has 1 amide bonds. The van der Waals surface area contributed by atoms with Gasteiger partial charge in [-0.3, -0.25) is 4.79 Å². The Morgan fingerprint density at radius 1 is 1.38 bits per heavy atom. The predicted octanol–water partition coefficient (Wildman–Crippen LogP) is 4.30. The summed E-state index contributed by atoms with van der Waals surface area (Å²) in [4.78, 5) is 18.5. The van der Waals surface area contributed by atoms with E-state index in [1.165, 1.54) is 23.5 Å². The Bertz CT molecular complexity index is 829. The smallest absolute Gasteiger partial charge is 0.228 e. The van der Waals surface area contributed by atoms with Crippen LogP contribution in [0.15, 0.2) is 52.5 Å². The molecule has 0 radical (unpaired) electrons. The number of hydrogen-bond acceptors (Lipinski definition) is 4. The lowest BCUT2D eigenvalue weighted by Gasteiger charge is -2.23. The Hall–Kier alpha value is -2.47. The van der Waals surface area contributed by atoms with E-state index in [-0.39, 0.29) is 24.2 Å². The van der Waals surface area contributed by atoms with Crippen molar-refractivity contribution < 1.29 is 13.6 Å². The minimum atomic E-state index is -0.299. The fourth-order valence-corrected chi connectivity index (χ4v) is 3.17. The summed E-state index contributed by atoms with van der Waals surface area (Å²) < 4.78 is 18.7. The second-order valence-electron chi connectivity index (χ2n) is 5.53. The van der Waals surface area contributed by atoms with Gasteiger partial charge < -0.3 is 9.32 Å². The van der Waals surface area contributed by atoms with Crippen molar-refractivity contribution in [3.05, 3.63) is 65.3 Å². The standard InChI is InChI=1S/C18H17FN2O2S/c1-12(16-7-4-8-23-16)21(2)17(22)10-15-11-24-18(20-15)13-5-3-6-14(19)9-13/h3-9,11-12H,10H2,1-2H3. The van der Waals surface area contributed by atoms with Crippen molar-refractivity contribution in [1.29, 1.82) is 0 Å². The maximum Gasteiger partial charge on any atom is 0.228 e. The van der Waals surface area contributed by atoms with E-state index in [9.17, 15) is 9.18 Å². The molecule has 3 rings (SSSR count). The summed E-state index contributed by atoms with van der Waals surface area (Å²) in [5, 5.41) is 2.54. The zero-order valence-electron chi connectivity index (χ0n) is 13.4. The molecular formula is C18H17FN2O2S. The van der Waals surface area contributed by atoms with Crippen molar-refractivity contribution in [1.82, 2.24) is 9.88 Å². The van der Waals surface area contributed by atoms with Gasteiger partial charge in [-0.05, 0) is 31.2 Å². The first-order chi connectivity index (χ1) is 11.5. The molecule has 1 atom stereocenters. The highest BCUT2D eigenvalue weighted by atomic mass is 32.1. The number of aromatic nitrogens is 1. The number of likely N-dealkylation sites (N-methyl/N-ethyl adjacent to an activating group) is 1. The van der Waals surface area contributed by atoms with Gasteiger partial charge in [-0.1, -0.05) is 12.1 Å². The Labute approximate surface area is 143 Å². The van der Waals surface area contributed by atoms with Gasteiger partial charge in [0.15, 0.2) is 0 Å². The van der Waals surface area contributed by atoms with Gasteiger partial charge in [-0.2, -0.15) is 0 Å². The largest absolute Gasteiger partial charge is 0.467 e. The Morgan fingerprint density at radius 2 is 2.21 bits per heavy atom. The van der Waals surface area contributed by atoms with E-state index >= 15 is 0 Å². The van der Waals surface area contributed by atoms with Crippen molar-refractivity contribution >= 4 is 17.2 Å². The normalized spacial score (nSPS) is 12.1. The molecule has 2 aromatic heterocycles. The van der Waals surface area contributed by atoms with Crippen molar-refractivity contribution in [2.24, 2.45) is 0 Å². The lowest BCUT2D eigenvalue weighted by Crippen LogP contribution is -2.30. The van der Waals surface area contributed by atoms with Gasteiger partial charge in [-0.25, -0.2) is 9.37 Å². The first-order valence-corrected chi connectivity index (χ1v) is 8.42. The van der Waals surface area contributed by atoms with Crippen LogP contribution in [0.3, 0.4) is 0 Å². The van der Waals surface area contributed by atoms with Crippen LogP contribution in [0.4, 0.5) is 4.39 Å². The number of thiazole rings is 1. The minimum Gasteiger partial charge on any atom is -0.467 e. The third kappa shape index (κ3) is 3.54. The fraction of sp³-hybridized carbons (Fsp3) is 0.222. The highest BCUT2D eigenvalue weighted by Crippen LogP contribution is 2.25. The van der Waals surface area contributed by atoms with Crippen LogP contribution in [-0.2, 0) is 11.2 Å². The van der Waals surface area contributed by atoms with Gasteiger partial charge in [-0.15, -0.1) is 11.3 Å². The number of hydrogen-bond donors (Lipinski definition) is 0. The number of benzene rings is 1. The van der Waals surface area contributed by atoms with Crippen LogP contribution < -0.4 is 0 Å². The molecule has 1 unspecified atom stereocenters. The zero-order chi connectivity index (χ0) is 17.1. The molecule has 24 heavy (non-hydrogen) atoms. The molecule has 6 heteroatoms. The summed E-state index contributed by atoms with van der Waals surface area (Å²) in [6.45, 7) is 1.91. The second-order valence-corrected chi connectivity index (χ2v) is 6.39. The van der Waals surface area contributed by atoms with Crippen LogP contribution in [0, 0.1) is 5.82 Å². The summed E-state index contributed by atoms with van der Waals surface area (Å²) in [7, 11) is 1.75. The van der Waals surface area contributed by atoms with Crippen LogP contribution in [0.5, 0.6) is 0 Å². The van der Waals surface area contributed by atoms with Crippen molar-refractivity contribution in [2.75, 3.05) is 7.05 Å². The predicted molar refractivity (Wildman–Crippen MR) is 91.1 cm³/mol. The summed E-state index contributed by atoms with van der Waals surface area (Å²) in [5.74, 6) is 0.395. The number of halogens is 1. The summed E-state index contributed by atoms with van der Waals surface area (Å²) in [6, 6.07) is 9.79. The highest BCUT2D eigenvalue weighted by Gasteiger charge is 2.20. The molecule has 4 nitrogen and oxygen atoms in total. The third-order valence-corrected chi connectivity index (χ3v) is 4.83. The van der Waals surface area contributed by atoms with Crippen LogP contribution in [0.1, 0.15) is 24.4 Å². The topological polar surface area (TPSA) is 46.3 Å². The molecule has 124 valence electrons. The van der Waals surface area contributed by atoms with Crippen LogP contribution >= 0.6 is 11.3 Å². The molecule has 0 aliphatic carbocycles. The SMILES string of the molecule is CC(c1ccco1)N(C)C(=O)Cc1csc(-c2cccc(F)c2)n1. The average Bonchev–Trinajstić information content (AvgIpc) is 3.25. The number of rotatable bonds is 5. The van der Waals surface area contributed by atoms with Crippen LogP contribution in [0.25, 0.3) is 10.6 Å². The first kappa shape index (κ1) is 16.4. The maximum atomic E-state index is 13.3. The zero-order valence-corrected chi connectivity index (χ0v) is 14.2. The average molecular weight is 344 g/mol. The molecule has 0 bridgehead atoms. The van der Waals surface area contributed by atoms with Gasteiger partial charge in [0.05, 0.1) is 24.4 Å².